The van der Waals surface area contributed by atoms with Crippen molar-refractivity contribution in [3.05, 3.63) is 59.2 Å². The lowest BCUT2D eigenvalue weighted by Crippen LogP contribution is -2.40. The molecule has 0 spiro atoms. The van der Waals surface area contributed by atoms with Crippen LogP contribution in [0.3, 0.4) is 0 Å². The van der Waals surface area contributed by atoms with Crippen LogP contribution in [0.25, 0.3) is 10.1 Å². The number of amides is 1. The van der Waals surface area contributed by atoms with Gasteiger partial charge in [-0.3, -0.25) is 9.10 Å². The summed E-state index contributed by atoms with van der Waals surface area (Å²) in [5, 5.41) is 0.797. The van der Waals surface area contributed by atoms with E-state index in [4.69, 9.17) is 4.74 Å². The van der Waals surface area contributed by atoms with Crippen molar-refractivity contribution >= 4 is 43.0 Å². The van der Waals surface area contributed by atoms with E-state index in [2.05, 4.69) is 0 Å². The average Bonchev–Trinajstić information content (AvgIpc) is 3.17. The highest BCUT2D eigenvalue weighted by Gasteiger charge is 2.23. The van der Waals surface area contributed by atoms with Gasteiger partial charge in [-0.05, 0) is 53.9 Å². The van der Waals surface area contributed by atoms with E-state index in [1.165, 1.54) is 30.5 Å². The first-order valence-corrected chi connectivity index (χ1v) is 11.3. The van der Waals surface area contributed by atoms with Crippen molar-refractivity contribution in [2.45, 2.75) is 4.90 Å². The number of carbonyl (C=O) groups is 1. The fraction of sp³-hybridized carbons (Fsp3) is 0.250. The minimum Gasteiger partial charge on any atom is -0.378 e. The number of benzene rings is 2. The molecule has 0 radical (unpaired) electrons. The number of thiophene rings is 1. The van der Waals surface area contributed by atoms with Crippen LogP contribution < -0.4 is 4.31 Å². The minimum atomic E-state index is -3.82. The summed E-state index contributed by atoms with van der Waals surface area (Å²) in [6, 6.07) is 11.7. The van der Waals surface area contributed by atoms with Gasteiger partial charge in [-0.1, -0.05) is 0 Å². The molecule has 4 rings (SSSR count). The number of morpholine rings is 1. The number of hydrogen-bond acceptors (Lipinski definition) is 5. The van der Waals surface area contributed by atoms with Gasteiger partial charge in [0.25, 0.3) is 15.9 Å². The van der Waals surface area contributed by atoms with Gasteiger partial charge in [-0.2, -0.15) is 0 Å². The molecule has 3 aromatic rings. The van der Waals surface area contributed by atoms with Crippen LogP contribution in [0, 0.1) is 5.82 Å². The topological polar surface area (TPSA) is 66.9 Å². The summed E-state index contributed by atoms with van der Waals surface area (Å²) >= 11 is 1.38. The highest BCUT2D eigenvalue weighted by Crippen LogP contribution is 2.32. The molecular weight excluding hydrogens is 415 g/mol. The highest BCUT2D eigenvalue weighted by molar-refractivity contribution is 7.92. The van der Waals surface area contributed by atoms with Crippen molar-refractivity contribution < 1.29 is 22.3 Å². The molecule has 1 fully saturated rings. The lowest BCUT2D eigenvalue weighted by molar-refractivity contribution is 0.0306. The van der Waals surface area contributed by atoms with Crippen LogP contribution in [0.15, 0.2) is 53.4 Å². The van der Waals surface area contributed by atoms with E-state index in [0.29, 0.717) is 36.9 Å². The monoisotopic (exact) mass is 434 g/mol. The summed E-state index contributed by atoms with van der Waals surface area (Å²) in [5.74, 6) is -0.535. The molecule has 1 aliphatic heterocycles. The van der Waals surface area contributed by atoms with E-state index < -0.39 is 15.8 Å². The van der Waals surface area contributed by atoms with Crippen molar-refractivity contribution in [3.63, 3.8) is 0 Å². The van der Waals surface area contributed by atoms with E-state index in [0.717, 1.165) is 26.5 Å². The third-order valence-electron chi connectivity index (χ3n) is 4.84. The van der Waals surface area contributed by atoms with E-state index in [1.807, 2.05) is 6.07 Å². The molecule has 1 amide bonds. The molecule has 1 saturated heterocycles. The van der Waals surface area contributed by atoms with Gasteiger partial charge in [0, 0.05) is 24.8 Å². The van der Waals surface area contributed by atoms with Crippen molar-refractivity contribution in [1.29, 1.82) is 0 Å². The summed E-state index contributed by atoms with van der Waals surface area (Å²) in [7, 11) is -2.37. The smallest absolute Gasteiger partial charge is 0.264 e. The molecular formula is C20H19FN2O4S2. The normalized spacial score (nSPS) is 14.9. The SMILES string of the molecule is CN(c1ccc2sc(C(=O)N3CCOCC3)cc2c1)S(=O)(=O)c1ccc(F)cc1. The van der Waals surface area contributed by atoms with Crippen LogP contribution in [0.2, 0.25) is 0 Å². The quantitative estimate of drug-likeness (QED) is 0.632. The lowest BCUT2D eigenvalue weighted by Gasteiger charge is -2.26. The molecule has 6 nitrogen and oxygen atoms in total. The number of carbonyl (C=O) groups excluding carboxylic acids is 1. The maximum absolute atomic E-state index is 13.1. The number of fused-ring (bicyclic) bond motifs is 1. The van der Waals surface area contributed by atoms with Crippen LogP contribution in [-0.4, -0.2) is 52.6 Å². The first kappa shape index (κ1) is 19.8. The Kier molecular flexibility index (Phi) is 5.28. The van der Waals surface area contributed by atoms with Gasteiger partial charge in [0.05, 0.1) is 28.7 Å². The summed E-state index contributed by atoms with van der Waals surface area (Å²) < 4.78 is 46.1. The molecule has 0 unspecified atom stereocenters. The lowest BCUT2D eigenvalue weighted by atomic mass is 10.2. The van der Waals surface area contributed by atoms with E-state index >= 15 is 0 Å². The average molecular weight is 435 g/mol. The standard InChI is InChI=1S/C20H19FN2O4S2/c1-22(29(25,26)17-5-2-15(21)3-6-17)16-4-7-18-14(12-16)13-19(28-18)20(24)23-8-10-27-11-9-23/h2-7,12-13H,8-11H2,1H3. The number of nitrogens with zero attached hydrogens (tertiary/aromatic N) is 2. The molecule has 0 bridgehead atoms. The number of ether oxygens (including phenoxy) is 1. The van der Waals surface area contributed by atoms with Crippen molar-refractivity contribution in [3.8, 4) is 0 Å². The second-order valence-electron chi connectivity index (χ2n) is 6.66. The Hall–Kier alpha value is -2.49. The Bertz CT molecular complexity index is 1150. The number of anilines is 1. The molecule has 0 atom stereocenters. The van der Waals surface area contributed by atoms with Crippen LogP contribution >= 0.6 is 11.3 Å². The predicted octanol–water partition coefficient (Wildman–Crippen LogP) is 3.34. The Morgan fingerprint density at radius 2 is 1.79 bits per heavy atom. The van der Waals surface area contributed by atoms with Gasteiger partial charge in [0.2, 0.25) is 0 Å². The summed E-state index contributed by atoms with van der Waals surface area (Å²) in [5.41, 5.74) is 0.463. The number of sulfonamides is 1. The third kappa shape index (κ3) is 3.85. The van der Waals surface area contributed by atoms with Gasteiger partial charge in [-0.25, -0.2) is 12.8 Å². The van der Waals surface area contributed by atoms with E-state index in [9.17, 15) is 17.6 Å². The predicted molar refractivity (Wildman–Crippen MR) is 111 cm³/mol. The van der Waals surface area contributed by atoms with Crippen molar-refractivity contribution in [2.75, 3.05) is 37.7 Å². The highest BCUT2D eigenvalue weighted by atomic mass is 32.2. The van der Waals surface area contributed by atoms with Crippen LogP contribution in [0.1, 0.15) is 9.67 Å². The van der Waals surface area contributed by atoms with Gasteiger partial charge < -0.3 is 9.64 Å². The molecule has 152 valence electrons. The first-order valence-electron chi connectivity index (χ1n) is 9.01. The zero-order valence-corrected chi connectivity index (χ0v) is 17.3. The maximum Gasteiger partial charge on any atom is 0.264 e. The molecule has 9 heteroatoms. The molecule has 2 aromatic carbocycles. The maximum atomic E-state index is 13.1. The van der Waals surface area contributed by atoms with Crippen LogP contribution in [-0.2, 0) is 14.8 Å². The van der Waals surface area contributed by atoms with Crippen LogP contribution in [0.4, 0.5) is 10.1 Å². The second-order valence-corrected chi connectivity index (χ2v) is 9.72. The number of halogens is 1. The fourth-order valence-electron chi connectivity index (χ4n) is 3.16. The summed E-state index contributed by atoms with van der Waals surface area (Å²) in [4.78, 5) is 15.1. The summed E-state index contributed by atoms with van der Waals surface area (Å²) in [6.45, 7) is 2.20. The second kappa shape index (κ2) is 7.74. The number of rotatable bonds is 4. The molecule has 0 saturated carbocycles. The molecule has 0 aliphatic carbocycles. The Morgan fingerprint density at radius 3 is 2.48 bits per heavy atom. The van der Waals surface area contributed by atoms with Gasteiger partial charge in [0.1, 0.15) is 5.82 Å². The molecule has 2 heterocycles. The fourth-order valence-corrected chi connectivity index (χ4v) is 5.36. The van der Waals surface area contributed by atoms with Gasteiger partial charge in [-0.15, -0.1) is 11.3 Å². The molecule has 1 aliphatic rings. The first-order chi connectivity index (χ1) is 13.9. The number of hydrogen-bond donors (Lipinski definition) is 0. The van der Waals surface area contributed by atoms with Gasteiger partial charge >= 0.3 is 0 Å². The molecule has 1 aromatic heterocycles. The molecule has 0 N–H and O–H groups in total. The Balaban J connectivity index is 1.63. The van der Waals surface area contributed by atoms with Crippen LogP contribution in [0.5, 0.6) is 0 Å². The largest absolute Gasteiger partial charge is 0.378 e. The van der Waals surface area contributed by atoms with Crippen molar-refractivity contribution in [1.82, 2.24) is 4.90 Å². The Labute approximate surface area is 172 Å². The van der Waals surface area contributed by atoms with E-state index in [-0.39, 0.29) is 10.8 Å². The Morgan fingerprint density at radius 1 is 1.10 bits per heavy atom. The zero-order chi connectivity index (χ0) is 20.6. The summed E-state index contributed by atoms with van der Waals surface area (Å²) in [6.07, 6.45) is 0. The minimum absolute atomic E-state index is 0.00926. The molecule has 29 heavy (non-hydrogen) atoms. The third-order valence-corrected chi connectivity index (χ3v) is 7.75. The van der Waals surface area contributed by atoms with E-state index in [1.54, 1.807) is 23.1 Å². The van der Waals surface area contributed by atoms with Crippen molar-refractivity contribution in [2.24, 2.45) is 0 Å². The zero-order valence-electron chi connectivity index (χ0n) is 15.7. The van der Waals surface area contributed by atoms with Gasteiger partial charge in [0.15, 0.2) is 0 Å².